The number of benzene rings is 1. The average Bonchev–Trinajstić information content (AvgIpc) is 2.39. The summed E-state index contributed by atoms with van der Waals surface area (Å²) in [6.45, 7) is 0. The lowest BCUT2D eigenvalue weighted by atomic mass is 10.3. The molecule has 0 aliphatic carbocycles. The maximum atomic E-state index is 7.29. The molecule has 0 radical (unpaired) electrons. The van der Waals surface area contributed by atoms with Crippen LogP contribution >= 0.6 is 0 Å². The summed E-state index contributed by atoms with van der Waals surface area (Å²) in [5.74, 6) is 1.10. The third-order valence-electron chi connectivity index (χ3n) is 2.16. The Kier molecular flexibility index (Phi) is 3.38. The minimum Gasteiger partial charge on any atom is -0.497 e. The summed E-state index contributed by atoms with van der Waals surface area (Å²) >= 11 is 0. The van der Waals surface area contributed by atoms with Crippen LogP contribution in [0.3, 0.4) is 0 Å². The molecular weight excluding hydrogens is 232 g/mol. The number of hydrogen-bond donors (Lipinski definition) is 2. The van der Waals surface area contributed by atoms with Crippen molar-refractivity contribution in [2.24, 2.45) is 5.73 Å². The van der Waals surface area contributed by atoms with Gasteiger partial charge in [0.15, 0.2) is 0 Å². The lowest BCUT2D eigenvalue weighted by Gasteiger charge is -2.06. The van der Waals surface area contributed by atoms with E-state index < -0.39 is 0 Å². The zero-order valence-electron chi connectivity index (χ0n) is 9.75. The van der Waals surface area contributed by atoms with Crippen molar-refractivity contribution in [2.75, 3.05) is 7.11 Å². The highest BCUT2D eigenvalue weighted by Crippen LogP contribution is 2.22. The standard InChI is InChI=1S/C12H12N4O2/c1-17-8-3-2-4-9(7-8)18-12-15-6-5-10(16-12)11(13)14/h2-7H,1H3,(H3,13,14). The normalized spacial score (nSPS) is 9.83. The van der Waals surface area contributed by atoms with E-state index in [1.807, 2.05) is 0 Å². The molecule has 1 heterocycles. The molecule has 0 amide bonds. The van der Waals surface area contributed by atoms with Crippen molar-refractivity contribution >= 4 is 5.84 Å². The number of methoxy groups -OCH3 is 1. The van der Waals surface area contributed by atoms with E-state index >= 15 is 0 Å². The summed E-state index contributed by atoms with van der Waals surface area (Å²) in [6.07, 6.45) is 1.49. The third-order valence-corrected chi connectivity index (χ3v) is 2.16. The van der Waals surface area contributed by atoms with Crippen molar-refractivity contribution in [3.8, 4) is 17.5 Å². The monoisotopic (exact) mass is 244 g/mol. The zero-order valence-corrected chi connectivity index (χ0v) is 9.75. The molecule has 1 aromatic carbocycles. The molecule has 0 atom stereocenters. The Hall–Kier alpha value is -2.63. The summed E-state index contributed by atoms with van der Waals surface area (Å²) in [4.78, 5) is 7.95. The maximum Gasteiger partial charge on any atom is 0.322 e. The van der Waals surface area contributed by atoms with E-state index in [1.165, 1.54) is 6.20 Å². The first-order valence-electron chi connectivity index (χ1n) is 5.18. The van der Waals surface area contributed by atoms with Crippen molar-refractivity contribution in [1.82, 2.24) is 9.97 Å². The third kappa shape index (κ3) is 2.73. The minimum atomic E-state index is -0.132. The Balaban J connectivity index is 2.22. The molecule has 0 saturated carbocycles. The van der Waals surface area contributed by atoms with Crippen molar-refractivity contribution in [2.45, 2.75) is 0 Å². The fourth-order valence-electron chi connectivity index (χ4n) is 1.31. The van der Waals surface area contributed by atoms with E-state index in [1.54, 1.807) is 37.4 Å². The van der Waals surface area contributed by atoms with Gasteiger partial charge in [0.2, 0.25) is 0 Å². The highest BCUT2D eigenvalue weighted by Gasteiger charge is 2.04. The Morgan fingerprint density at radius 3 is 2.78 bits per heavy atom. The molecule has 18 heavy (non-hydrogen) atoms. The number of hydrogen-bond acceptors (Lipinski definition) is 5. The van der Waals surface area contributed by atoms with Gasteiger partial charge in [-0.1, -0.05) is 6.07 Å². The summed E-state index contributed by atoms with van der Waals surface area (Å²) < 4.78 is 10.5. The zero-order chi connectivity index (χ0) is 13.0. The molecule has 0 aliphatic heterocycles. The van der Waals surface area contributed by atoms with Gasteiger partial charge in [0.25, 0.3) is 0 Å². The molecule has 0 fully saturated rings. The summed E-state index contributed by atoms with van der Waals surface area (Å²) in [7, 11) is 1.58. The SMILES string of the molecule is COc1cccc(Oc2nccc(C(=N)N)n2)c1. The molecule has 92 valence electrons. The fraction of sp³-hybridized carbons (Fsp3) is 0.0833. The van der Waals surface area contributed by atoms with E-state index in [0.29, 0.717) is 17.2 Å². The summed E-state index contributed by atoms with van der Waals surface area (Å²) in [6, 6.07) is 8.75. The molecule has 3 N–H and O–H groups in total. The minimum absolute atomic E-state index is 0.132. The number of rotatable bonds is 4. The van der Waals surface area contributed by atoms with E-state index in [-0.39, 0.29) is 11.8 Å². The second kappa shape index (κ2) is 5.13. The average molecular weight is 244 g/mol. The molecule has 0 spiro atoms. The number of aromatic nitrogens is 2. The summed E-state index contributed by atoms with van der Waals surface area (Å²) in [5.41, 5.74) is 5.66. The molecule has 2 aromatic rings. The number of nitrogens with zero attached hydrogens (tertiary/aromatic N) is 2. The van der Waals surface area contributed by atoms with E-state index in [2.05, 4.69) is 9.97 Å². The van der Waals surface area contributed by atoms with Gasteiger partial charge in [0.05, 0.1) is 7.11 Å². The summed E-state index contributed by atoms with van der Waals surface area (Å²) in [5, 5.41) is 7.29. The van der Waals surface area contributed by atoms with Gasteiger partial charge >= 0.3 is 6.01 Å². The second-order valence-corrected chi connectivity index (χ2v) is 3.42. The van der Waals surface area contributed by atoms with Crippen molar-refractivity contribution in [1.29, 1.82) is 5.41 Å². The quantitative estimate of drug-likeness (QED) is 0.628. The molecule has 0 saturated heterocycles. The number of nitrogen functional groups attached to an aromatic ring is 1. The van der Waals surface area contributed by atoms with Crippen LogP contribution in [0.25, 0.3) is 0 Å². The van der Waals surface area contributed by atoms with Crippen LogP contribution in [0.15, 0.2) is 36.5 Å². The molecule has 1 aromatic heterocycles. The van der Waals surface area contributed by atoms with Crippen LogP contribution in [0, 0.1) is 5.41 Å². The molecule has 6 nitrogen and oxygen atoms in total. The first kappa shape index (κ1) is 11.8. The topological polar surface area (TPSA) is 94.1 Å². The molecule has 6 heteroatoms. The predicted molar refractivity (Wildman–Crippen MR) is 66.1 cm³/mol. The van der Waals surface area contributed by atoms with Crippen LogP contribution in [-0.2, 0) is 0 Å². The van der Waals surface area contributed by atoms with E-state index in [9.17, 15) is 0 Å². The Bertz CT molecular complexity index is 572. The van der Waals surface area contributed by atoms with Crippen LogP contribution in [-0.4, -0.2) is 22.9 Å². The first-order chi connectivity index (χ1) is 8.69. The first-order valence-corrected chi connectivity index (χ1v) is 5.18. The Morgan fingerprint density at radius 2 is 2.06 bits per heavy atom. The van der Waals surface area contributed by atoms with Gasteiger partial charge in [-0.25, -0.2) is 4.98 Å². The van der Waals surface area contributed by atoms with E-state index in [0.717, 1.165) is 0 Å². The lowest BCUT2D eigenvalue weighted by molar-refractivity contribution is 0.404. The molecule has 0 unspecified atom stereocenters. The molecular formula is C12H12N4O2. The molecule has 0 aliphatic rings. The van der Waals surface area contributed by atoms with Crippen LogP contribution < -0.4 is 15.2 Å². The largest absolute Gasteiger partial charge is 0.497 e. The highest BCUT2D eigenvalue weighted by molar-refractivity contribution is 5.92. The predicted octanol–water partition coefficient (Wildman–Crippen LogP) is 1.56. The van der Waals surface area contributed by atoms with Crippen LogP contribution in [0.2, 0.25) is 0 Å². The van der Waals surface area contributed by atoms with Gasteiger partial charge in [-0.15, -0.1) is 0 Å². The van der Waals surface area contributed by atoms with Gasteiger partial charge in [0, 0.05) is 12.3 Å². The maximum absolute atomic E-state index is 7.29. The van der Waals surface area contributed by atoms with Crippen molar-refractivity contribution < 1.29 is 9.47 Å². The van der Waals surface area contributed by atoms with Gasteiger partial charge in [-0.05, 0) is 18.2 Å². The number of amidine groups is 1. The lowest BCUT2D eigenvalue weighted by Crippen LogP contribution is -2.13. The molecule has 2 rings (SSSR count). The van der Waals surface area contributed by atoms with Gasteiger partial charge < -0.3 is 15.2 Å². The van der Waals surface area contributed by atoms with Gasteiger partial charge in [-0.2, -0.15) is 4.98 Å². The Labute approximate surface area is 104 Å². The number of nitrogens with one attached hydrogen (secondary N) is 1. The molecule has 0 bridgehead atoms. The van der Waals surface area contributed by atoms with Crippen LogP contribution in [0.1, 0.15) is 5.69 Å². The second-order valence-electron chi connectivity index (χ2n) is 3.42. The van der Waals surface area contributed by atoms with Crippen molar-refractivity contribution in [3.05, 3.63) is 42.2 Å². The Morgan fingerprint density at radius 1 is 1.28 bits per heavy atom. The van der Waals surface area contributed by atoms with Crippen molar-refractivity contribution in [3.63, 3.8) is 0 Å². The number of ether oxygens (including phenoxy) is 2. The van der Waals surface area contributed by atoms with Gasteiger partial charge in [0.1, 0.15) is 23.0 Å². The van der Waals surface area contributed by atoms with E-state index in [4.69, 9.17) is 20.6 Å². The van der Waals surface area contributed by atoms with Crippen LogP contribution in [0.5, 0.6) is 17.5 Å². The van der Waals surface area contributed by atoms with Crippen LogP contribution in [0.4, 0.5) is 0 Å². The highest BCUT2D eigenvalue weighted by atomic mass is 16.5. The number of nitrogens with two attached hydrogens (primary N) is 1. The fourth-order valence-corrected chi connectivity index (χ4v) is 1.31. The smallest absolute Gasteiger partial charge is 0.322 e. The van der Waals surface area contributed by atoms with Gasteiger partial charge in [-0.3, -0.25) is 5.41 Å².